The first kappa shape index (κ1) is 11.0. The van der Waals surface area contributed by atoms with Crippen LogP contribution in [-0.4, -0.2) is 37.2 Å². The minimum absolute atomic E-state index is 0.388. The van der Waals surface area contributed by atoms with Gasteiger partial charge < -0.3 is 16.2 Å². The minimum atomic E-state index is -0.971. The fourth-order valence-electron chi connectivity index (χ4n) is 0.721. The molecular formula is C6H14BN3O2. The molecule has 12 heavy (non-hydrogen) atoms. The predicted octanol–water partition coefficient (Wildman–Crippen LogP) is -1.66. The molecule has 0 saturated carbocycles. The average Bonchev–Trinajstić information content (AvgIpc) is 1.97. The highest BCUT2D eigenvalue weighted by molar-refractivity contribution is 6.57. The van der Waals surface area contributed by atoms with Gasteiger partial charge >= 0.3 is 5.97 Å². The lowest BCUT2D eigenvalue weighted by molar-refractivity contribution is -0.138. The van der Waals surface area contributed by atoms with Crippen LogP contribution in [0.5, 0.6) is 0 Å². The molecule has 0 saturated heterocycles. The summed E-state index contributed by atoms with van der Waals surface area (Å²) in [5.74, 6) is -0.971. The molecule has 0 amide bonds. The van der Waals surface area contributed by atoms with E-state index in [9.17, 15) is 4.79 Å². The Morgan fingerprint density at radius 2 is 2.33 bits per heavy atom. The number of amidine groups is 1. The summed E-state index contributed by atoms with van der Waals surface area (Å²) in [5.41, 5.74) is 5.64. The van der Waals surface area contributed by atoms with Crippen molar-refractivity contribution >= 4 is 19.6 Å². The van der Waals surface area contributed by atoms with Crippen molar-refractivity contribution in [3.63, 3.8) is 0 Å². The molecule has 0 heterocycles. The van der Waals surface area contributed by atoms with Crippen LogP contribution in [0.25, 0.3) is 0 Å². The number of hydrogen-bond donors (Lipinski definition) is 4. The van der Waals surface area contributed by atoms with Gasteiger partial charge in [0.05, 0.1) is 0 Å². The number of carbonyl (C=O) groups is 1. The summed E-state index contributed by atoms with van der Waals surface area (Å²) in [4.78, 5) is 10.2. The molecule has 0 unspecified atom stereocenters. The standard InChI is InChI=1S/C6H14BN3O2/c7-6(9)10-3-1-2-4(8)5(11)12/h4H,1-3,7-8H2,(H2,9,10)(H,11,12)/t4-/m0/s1. The maximum absolute atomic E-state index is 10.2. The second-order valence-electron chi connectivity index (χ2n) is 2.64. The van der Waals surface area contributed by atoms with Gasteiger partial charge in [0.2, 0.25) is 0 Å². The predicted molar refractivity (Wildman–Crippen MR) is 49.1 cm³/mol. The van der Waals surface area contributed by atoms with Gasteiger partial charge in [0.15, 0.2) is 7.85 Å². The van der Waals surface area contributed by atoms with Crippen LogP contribution in [0, 0.1) is 5.41 Å². The van der Waals surface area contributed by atoms with Gasteiger partial charge in [-0.05, 0) is 12.8 Å². The molecular weight excluding hydrogens is 157 g/mol. The Hall–Kier alpha value is -1.04. The molecule has 0 aliphatic heterocycles. The van der Waals surface area contributed by atoms with E-state index >= 15 is 0 Å². The van der Waals surface area contributed by atoms with E-state index in [-0.39, 0.29) is 0 Å². The fraction of sp³-hybridized carbons (Fsp3) is 0.667. The zero-order chi connectivity index (χ0) is 9.56. The monoisotopic (exact) mass is 171 g/mol. The number of carboxylic acid groups (broad SMARTS) is 1. The van der Waals surface area contributed by atoms with Gasteiger partial charge in [0.25, 0.3) is 0 Å². The summed E-state index contributed by atoms with van der Waals surface area (Å²) in [6.45, 7) is 0.607. The van der Waals surface area contributed by atoms with Crippen LogP contribution in [0.1, 0.15) is 12.8 Å². The Labute approximate surface area is 72.2 Å². The van der Waals surface area contributed by atoms with Crippen LogP contribution in [-0.2, 0) is 4.79 Å². The zero-order valence-electron chi connectivity index (χ0n) is 7.13. The summed E-state index contributed by atoms with van der Waals surface area (Å²) >= 11 is 0. The summed E-state index contributed by atoms with van der Waals surface area (Å²) in [7, 11) is 1.64. The molecule has 0 aromatic rings. The Morgan fingerprint density at radius 3 is 2.75 bits per heavy atom. The fourth-order valence-corrected chi connectivity index (χ4v) is 0.721. The van der Waals surface area contributed by atoms with Gasteiger partial charge in [-0.2, -0.15) is 0 Å². The first-order chi connectivity index (χ1) is 5.54. The summed E-state index contributed by atoms with van der Waals surface area (Å²) < 4.78 is 0. The molecule has 6 heteroatoms. The SMILES string of the molecule is BC(=N)NCCC[C@H](N)C(=O)O. The minimum Gasteiger partial charge on any atom is -0.480 e. The zero-order valence-corrected chi connectivity index (χ0v) is 7.13. The quantitative estimate of drug-likeness (QED) is 0.172. The molecule has 0 aliphatic rings. The van der Waals surface area contributed by atoms with E-state index < -0.39 is 12.0 Å². The maximum Gasteiger partial charge on any atom is 0.320 e. The lowest BCUT2D eigenvalue weighted by Crippen LogP contribution is -2.31. The molecule has 5 nitrogen and oxygen atoms in total. The first-order valence-corrected chi connectivity index (χ1v) is 3.81. The van der Waals surface area contributed by atoms with Crippen LogP contribution >= 0.6 is 0 Å². The summed E-state index contributed by atoms with van der Waals surface area (Å²) in [6.07, 6.45) is 1.11. The third kappa shape index (κ3) is 5.73. The van der Waals surface area contributed by atoms with Crippen LogP contribution in [0.4, 0.5) is 0 Å². The van der Waals surface area contributed by atoms with E-state index in [0.29, 0.717) is 25.1 Å². The van der Waals surface area contributed by atoms with Gasteiger partial charge in [-0.3, -0.25) is 10.2 Å². The van der Waals surface area contributed by atoms with Crippen molar-refractivity contribution in [3.05, 3.63) is 0 Å². The third-order valence-electron chi connectivity index (χ3n) is 1.40. The second-order valence-corrected chi connectivity index (χ2v) is 2.64. The van der Waals surface area contributed by atoms with Gasteiger partial charge in [-0.1, -0.05) is 0 Å². The molecule has 0 bridgehead atoms. The molecule has 0 aromatic carbocycles. The van der Waals surface area contributed by atoms with E-state index in [1.54, 1.807) is 7.85 Å². The molecule has 68 valence electrons. The van der Waals surface area contributed by atoms with Crippen LogP contribution in [0.3, 0.4) is 0 Å². The number of nitrogens with two attached hydrogens (primary N) is 1. The van der Waals surface area contributed by atoms with Crippen molar-refractivity contribution in [1.29, 1.82) is 5.41 Å². The van der Waals surface area contributed by atoms with Crippen LogP contribution in [0.2, 0.25) is 0 Å². The molecule has 1 atom stereocenters. The average molecular weight is 171 g/mol. The largest absolute Gasteiger partial charge is 0.480 e. The van der Waals surface area contributed by atoms with E-state index in [2.05, 4.69) is 5.32 Å². The molecule has 0 fully saturated rings. The second kappa shape index (κ2) is 5.59. The Kier molecular flexibility index (Phi) is 5.11. The topological polar surface area (TPSA) is 99.2 Å². The van der Waals surface area contributed by atoms with Crippen molar-refractivity contribution in [1.82, 2.24) is 5.32 Å². The number of rotatable bonds is 5. The maximum atomic E-state index is 10.2. The number of nitrogens with one attached hydrogen (secondary N) is 2. The Bertz CT molecular complexity index is 174. The van der Waals surface area contributed by atoms with E-state index in [1.807, 2.05) is 0 Å². The van der Waals surface area contributed by atoms with Crippen LogP contribution in [0.15, 0.2) is 0 Å². The van der Waals surface area contributed by atoms with E-state index in [4.69, 9.17) is 16.2 Å². The van der Waals surface area contributed by atoms with E-state index in [1.165, 1.54) is 0 Å². The number of aliphatic carboxylic acids is 1. The molecule has 0 spiro atoms. The van der Waals surface area contributed by atoms with Crippen molar-refractivity contribution in [2.75, 3.05) is 6.54 Å². The lowest BCUT2D eigenvalue weighted by Gasteiger charge is -2.06. The molecule has 0 radical (unpaired) electrons. The number of carboxylic acids is 1. The third-order valence-corrected chi connectivity index (χ3v) is 1.40. The van der Waals surface area contributed by atoms with Crippen molar-refractivity contribution in [3.8, 4) is 0 Å². The van der Waals surface area contributed by atoms with Gasteiger partial charge in [0.1, 0.15) is 6.04 Å². The van der Waals surface area contributed by atoms with Gasteiger partial charge in [0, 0.05) is 12.3 Å². The van der Waals surface area contributed by atoms with E-state index in [0.717, 1.165) is 0 Å². The highest BCUT2D eigenvalue weighted by Crippen LogP contribution is 1.92. The summed E-state index contributed by atoms with van der Waals surface area (Å²) in [6, 6.07) is -0.780. The Morgan fingerprint density at radius 1 is 1.75 bits per heavy atom. The van der Waals surface area contributed by atoms with Gasteiger partial charge in [-0.25, -0.2) is 0 Å². The van der Waals surface area contributed by atoms with Crippen molar-refractivity contribution in [2.45, 2.75) is 18.9 Å². The highest BCUT2D eigenvalue weighted by atomic mass is 16.4. The first-order valence-electron chi connectivity index (χ1n) is 3.81. The highest BCUT2D eigenvalue weighted by Gasteiger charge is 2.09. The molecule has 0 rings (SSSR count). The molecule has 0 aliphatic carbocycles. The van der Waals surface area contributed by atoms with Crippen molar-refractivity contribution < 1.29 is 9.90 Å². The number of hydrogen-bond acceptors (Lipinski definition) is 3. The molecule has 0 aromatic heterocycles. The lowest BCUT2D eigenvalue weighted by atomic mass is 10.1. The van der Waals surface area contributed by atoms with Crippen molar-refractivity contribution in [2.24, 2.45) is 5.73 Å². The Balaban J connectivity index is 3.31. The summed E-state index contributed by atoms with van der Waals surface area (Å²) in [5, 5.41) is 18.2. The molecule has 5 N–H and O–H groups in total. The normalized spacial score (nSPS) is 12.1. The van der Waals surface area contributed by atoms with Gasteiger partial charge in [-0.15, -0.1) is 0 Å². The van der Waals surface area contributed by atoms with Crippen LogP contribution < -0.4 is 11.1 Å². The smallest absolute Gasteiger partial charge is 0.320 e.